The predicted molar refractivity (Wildman–Crippen MR) is 34.4 cm³/mol. The molecule has 3 N–H and O–H groups in total. The van der Waals surface area contributed by atoms with E-state index < -0.39 is 18.2 Å². The van der Waals surface area contributed by atoms with Crippen LogP contribution < -0.4 is 5.73 Å². The third kappa shape index (κ3) is 5.01. The zero-order valence-corrected chi connectivity index (χ0v) is 5.37. The van der Waals surface area contributed by atoms with Crippen LogP contribution in [0.3, 0.4) is 0 Å². The summed E-state index contributed by atoms with van der Waals surface area (Å²) >= 11 is 0. The van der Waals surface area contributed by atoms with E-state index in [4.69, 9.17) is 10.8 Å². The molecule has 11 heavy (non-hydrogen) atoms. The number of nitrogens with two attached hydrogens (primary N) is 1. The van der Waals surface area contributed by atoms with Crippen LogP contribution >= 0.6 is 0 Å². The average Bonchev–Trinajstić information content (AvgIpc) is 1.86. The van der Waals surface area contributed by atoms with Crippen molar-refractivity contribution < 1.29 is 18.7 Å². The van der Waals surface area contributed by atoms with E-state index in [0.717, 1.165) is 6.08 Å². The summed E-state index contributed by atoms with van der Waals surface area (Å²) in [6.45, 7) is -2.84. The molecule has 0 unspecified atom stereocenters. The number of halogens is 2. The van der Waals surface area contributed by atoms with Crippen molar-refractivity contribution in [3.05, 3.63) is 11.8 Å². The van der Waals surface area contributed by atoms with Gasteiger partial charge < -0.3 is 10.8 Å². The van der Waals surface area contributed by atoms with E-state index in [1.165, 1.54) is 0 Å². The van der Waals surface area contributed by atoms with E-state index in [-0.39, 0.29) is 0 Å². The zero-order valence-electron chi connectivity index (χ0n) is 5.37. The van der Waals surface area contributed by atoms with Crippen LogP contribution in [-0.4, -0.2) is 23.8 Å². The number of carboxylic acids is 1. The lowest BCUT2D eigenvalue weighted by Gasteiger charge is -1.88. The van der Waals surface area contributed by atoms with Gasteiger partial charge in [0.05, 0.1) is 0 Å². The van der Waals surface area contributed by atoms with Crippen LogP contribution in [0.15, 0.2) is 16.8 Å². The van der Waals surface area contributed by atoms with Crippen LogP contribution in [0, 0.1) is 0 Å². The zero-order chi connectivity index (χ0) is 8.85. The SMILES string of the molecule is NC(=CC=NC(F)F)C(=O)O. The van der Waals surface area contributed by atoms with E-state index in [1.807, 2.05) is 0 Å². The fourth-order valence-corrected chi connectivity index (χ4v) is 0.260. The highest BCUT2D eigenvalue weighted by Gasteiger charge is 1.98. The summed E-state index contributed by atoms with van der Waals surface area (Å²) in [5.74, 6) is -1.37. The van der Waals surface area contributed by atoms with Crippen LogP contribution in [0.5, 0.6) is 0 Å². The van der Waals surface area contributed by atoms with Crippen molar-refractivity contribution in [1.29, 1.82) is 0 Å². The lowest BCUT2D eigenvalue weighted by Crippen LogP contribution is -2.09. The number of hydrogen-bond donors (Lipinski definition) is 2. The molecule has 0 bridgehead atoms. The maximum absolute atomic E-state index is 11.3. The van der Waals surface area contributed by atoms with Crippen molar-refractivity contribution >= 4 is 12.2 Å². The molecule has 0 radical (unpaired) electrons. The topological polar surface area (TPSA) is 75.7 Å². The van der Waals surface area contributed by atoms with Gasteiger partial charge in [-0.05, 0) is 6.08 Å². The van der Waals surface area contributed by atoms with Gasteiger partial charge in [-0.3, -0.25) is 0 Å². The third-order valence-corrected chi connectivity index (χ3v) is 0.700. The maximum Gasteiger partial charge on any atom is 0.351 e. The Kier molecular flexibility index (Phi) is 3.79. The first-order valence-electron chi connectivity index (χ1n) is 2.54. The molecule has 0 aromatic rings. The number of rotatable bonds is 3. The lowest BCUT2D eigenvalue weighted by molar-refractivity contribution is -0.132. The molecule has 0 aromatic heterocycles. The molecule has 0 saturated heterocycles. The molecule has 0 fully saturated rings. The van der Waals surface area contributed by atoms with Gasteiger partial charge in [0.2, 0.25) is 0 Å². The summed E-state index contributed by atoms with van der Waals surface area (Å²) in [7, 11) is 0. The molecule has 0 saturated carbocycles. The first-order chi connectivity index (χ1) is 5.04. The second-order valence-corrected chi connectivity index (χ2v) is 1.50. The van der Waals surface area contributed by atoms with Crippen molar-refractivity contribution in [2.45, 2.75) is 6.55 Å². The van der Waals surface area contributed by atoms with Gasteiger partial charge in [0.25, 0.3) is 0 Å². The number of aliphatic imine (C=N–C) groups is 1. The fraction of sp³-hybridized carbons (Fsp3) is 0.200. The summed E-state index contributed by atoms with van der Waals surface area (Å²) < 4.78 is 22.5. The van der Waals surface area contributed by atoms with Crippen molar-refractivity contribution in [1.82, 2.24) is 0 Å². The van der Waals surface area contributed by atoms with Crippen LogP contribution in [0.4, 0.5) is 8.78 Å². The Morgan fingerprint density at radius 3 is 2.55 bits per heavy atom. The highest BCUT2D eigenvalue weighted by molar-refractivity contribution is 5.91. The first kappa shape index (κ1) is 9.54. The summed E-state index contributed by atoms with van der Waals surface area (Å²) in [6.07, 6.45) is 1.43. The molecule has 62 valence electrons. The number of allylic oxidation sites excluding steroid dienone is 1. The van der Waals surface area contributed by atoms with E-state index in [1.54, 1.807) is 0 Å². The van der Waals surface area contributed by atoms with Gasteiger partial charge in [0.15, 0.2) is 0 Å². The number of aliphatic carboxylic acids is 1. The van der Waals surface area contributed by atoms with Gasteiger partial charge in [-0.25, -0.2) is 9.79 Å². The Balaban J connectivity index is 4.02. The monoisotopic (exact) mass is 164 g/mol. The van der Waals surface area contributed by atoms with Crippen molar-refractivity contribution in [2.24, 2.45) is 10.7 Å². The molecule has 6 heteroatoms. The Morgan fingerprint density at radius 1 is 1.64 bits per heavy atom. The molecule has 0 amide bonds. The van der Waals surface area contributed by atoms with Crippen LogP contribution in [0.25, 0.3) is 0 Å². The molecule has 0 heterocycles. The average molecular weight is 164 g/mol. The van der Waals surface area contributed by atoms with Crippen molar-refractivity contribution in [3.63, 3.8) is 0 Å². The number of hydrogen-bond acceptors (Lipinski definition) is 3. The second-order valence-electron chi connectivity index (χ2n) is 1.50. The number of carbonyl (C=O) groups is 1. The van der Waals surface area contributed by atoms with Crippen molar-refractivity contribution in [3.8, 4) is 0 Å². The Labute approximate surface area is 61.0 Å². The quantitative estimate of drug-likeness (QED) is 0.355. The molecule has 0 atom stereocenters. The largest absolute Gasteiger partial charge is 0.477 e. The minimum atomic E-state index is -2.84. The van der Waals surface area contributed by atoms with Gasteiger partial charge in [-0.2, -0.15) is 8.78 Å². The Hall–Kier alpha value is -1.46. The molecule has 4 nitrogen and oxygen atoms in total. The minimum absolute atomic E-state index is 0.533. The van der Waals surface area contributed by atoms with E-state index in [2.05, 4.69) is 4.99 Å². The van der Waals surface area contributed by atoms with Gasteiger partial charge in [-0.1, -0.05) is 0 Å². The van der Waals surface area contributed by atoms with Gasteiger partial charge in [0, 0.05) is 6.21 Å². The molecule has 0 aromatic carbocycles. The van der Waals surface area contributed by atoms with Crippen molar-refractivity contribution in [2.75, 3.05) is 0 Å². The Morgan fingerprint density at radius 2 is 2.18 bits per heavy atom. The molecular weight excluding hydrogens is 158 g/mol. The highest BCUT2D eigenvalue weighted by atomic mass is 19.3. The van der Waals surface area contributed by atoms with Gasteiger partial charge in [0.1, 0.15) is 5.70 Å². The highest BCUT2D eigenvalue weighted by Crippen LogP contribution is 1.91. The van der Waals surface area contributed by atoms with Crippen LogP contribution in [0.1, 0.15) is 0 Å². The van der Waals surface area contributed by atoms with Crippen LogP contribution in [0.2, 0.25) is 0 Å². The molecular formula is C5H6F2N2O2. The maximum atomic E-state index is 11.3. The molecule has 0 rings (SSSR count). The number of nitrogens with zero attached hydrogens (tertiary/aromatic N) is 1. The first-order valence-corrected chi connectivity index (χ1v) is 2.54. The predicted octanol–water partition coefficient (Wildman–Crippen LogP) is 0.207. The van der Waals surface area contributed by atoms with E-state index in [0.29, 0.717) is 6.21 Å². The summed E-state index contributed by atoms with van der Waals surface area (Å²) in [5, 5.41) is 8.10. The molecule has 0 aliphatic heterocycles. The van der Waals surface area contributed by atoms with E-state index >= 15 is 0 Å². The molecule has 0 spiro atoms. The summed E-state index contributed by atoms with van der Waals surface area (Å²) in [4.78, 5) is 12.5. The number of carboxylic acid groups (broad SMARTS) is 1. The standard InChI is InChI=1S/C5H6F2N2O2/c6-5(7)9-2-1-3(8)4(10)11/h1-2,5H,8H2,(H,10,11). The second kappa shape index (κ2) is 4.37. The Bertz CT molecular complexity index is 201. The molecule has 0 aliphatic carbocycles. The summed E-state index contributed by atoms with van der Waals surface area (Å²) in [6, 6.07) is 0. The molecule has 0 aliphatic rings. The lowest BCUT2D eigenvalue weighted by atomic mass is 10.4. The van der Waals surface area contributed by atoms with Crippen LogP contribution in [-0.2, 0) is 4.79 Å². The minimum Gasteiger partial charge on any atom is -0.477 e. The summed E-state index contributed by atoms with van der Waals surface area (Å²) in [5.41, 5.74) is 4.30. The fourth-order valence-electron chi connectivity index (χ4n) is 0.260. The smallest absolute Gasteiger partial charge is 0.351 e. The van der Waals surface area contributed by atoms with Gasteiger partial charge in [-0.15, -0.1) is 0 Å². The van der Waals surface area contributed by atoms with E-state index in [9.17, 15) is 13.6 Å². The third-order valence-electron chi connectivity index (χ3n) is 0.700. The number of alkyl halides is 2. The normalized spacial score (nSPS) is 12.8. The van der Waals surface area contributed by atoms with Gasteiger partial charge >= 0.3 is 12.5 Å².